The van der Waals surface area contributed by atoms with Gasteiger partial charge in [0.25, 0.3) is 0 Å². The molecule has 0 bridgehead atoms. The number of benzene rings is 1. The standard InChI is InChI=1S/C14H19Cl2NO/c1-10(2)14(17-13(18)4-3-9-15)11-5-7-12(16)8-6-11/h5-8,10,14H,3-4,9H2,1-2H3,(H,17,18). The Morgan fingerprint density at radius 2 is 1.89 bits per heavy atom. The summed E-state index contributed by atoms with van der Waals surface area (Å²) < 4.78 is 0. The van der Waals surface area contributed by atoms with Gasteiger partial charge in [0, 0.05) is 17.3 Å². The van der Waals surface area contributed by atoms with E-state index in [1.54, 1.807) is 0 Å². The van der Waals surface area contributed by atoms with Crippen LogP contribution in [0.1, 0.15) is 38.3 Å². The number of amides is 1. The maximum Gasteiger partial charge on any atom is 0.220 e. The largest absolute Gasteiger partial charge is 0.349 e. The summed E-state index contributed by atoms with van der Waals surface area (Å²) in [6.45, 7) is 4.17. The second kappa shape index (κ2) is 7.65. The normalized spacial score (nSPS) is 12.5. The van der Waals surface area contributed by atoms with E-state index < -0.39 is 0 Å². The Labute approximate surface area is 119 Å². The summed E-state index contributed by atoms with van der Waals surface area (Å²) in [5.41, 5.74) is 1.08. The summed E-state index contributed by atoms with van der Waals surface area (Å²) >= 11 is 11.5. The van der Waals surface area contributed by atoms with E-state index in [0.29, 0.717) is 29.7 Å². The number of hydrogen-bond acceptors (Lipinski definition) is 1. The predicted molar refractivity (Wildman–Crippen MR) is 77.1 cm³/mol. The van der Waals surface area contributed by atoms with Crippen LogP contribution in [0, 0.1) is 5.92 Å². The lowest BCUT2D eigenvalue weighted by molar-refractivity contribution is -0.122. The third-order valence-electron chi connectivity index (χ3n) is 2.75. The van der Waals surface area contributed by atoms with E-state index in [2.05, 4.69) is 19.2 Å². The quantitative estimate of drug-likeness (QED) is 0.782. The molecule has 0 radical (unpaired) electrons. The number of carbonyl (C=O) groups is 1. The molecule has 0 spiro atoms. The fourth-order valence-electron chi connectivity index (χ4n) is 1.78. The lowest BCUT2D eigenvalue weighted by Crippen LogP contribution is -2.31. The maximum atomic E-state index is 11.8. The molecule has 1 atom stereocenters. The lowest BCUT2D eigenvalue weighted by Gasteiger charge is -2.23. The smallest absolute Gasteiger partial charge is 0.220 e. The molecular weight excluding hydrogens is 269 g/mol. The first-order chi connectivity index (χ1) is 8.54. The minimum Gasteiger partial charge on any atom is -0.349 e. The lowest BCUT2D eigenvalue weighted by atomic mass is 9.96. The molecule has 1 rings (SSSR count). The van der Waals surface area contributed by atoms with Gasteiger partial charge in [-0.05, 0) is 30.0 Å². The Kier molecular flexibility index (Phi) is 6.51. The summed E-state index contributed by atoms with van der Waals surface area (Å²) in [6.07, 6.45) is 1.18. The molecule has 0 aliphatic heterocycles. The summed E-state index contributed by atoms with van der Waals surface area (Å²) in [7, 11) is 0. The molecule has 0 fully saturated rings. The second-order valence-corrected chi connectivity index (χ2v) is 5.45. The van der Waals surface area contributed by atoms with Crippen LogP contribution in [0.25, 0.3) is 0 Å². The van der Waals surface area contributed by atoms with Crippen LogP contribution in [0.4, 0.5) is 0 Å². The van der Waals surface area contributed by atoms with Crippen LogP contribution in [0.15, 0.2) is 24.3 Å². The third-order valence-corrected chi connectivity index (χ3v) is 3.27. The fourth-order valence-corrected chi connectivity index (χ4v) is 2.04. The number of alkyl halides is 1. The molecule has 2 nitrogen and oxygen atoms in total. The molecule has 0 aliphatic carbocycles. The van der Waals surface area contributed by atoms with Crippen LogP contribution < -0.4 is 5.32 Å². The second-order valence-electron chi connectivity index (χ2n) is 4.63. The van der Waals surface area contributed by atoms with Gasteiger partial charge >= 0.3 is 0 Å². The Balaban J connectivity index is 2.71. The SMILES string of the molecule is CC(C)C(NC(=O)CCCCl)c1ccc(Cl)cc1. The zero-order chi connectivity index (χ0) is 13.5. The molecule has 0 aromatic heterocycles. The molecule has 18 heavy (non-hydrogen) atoms. The molecule has 100 valence electrons. The van der Waals surface area contributed by atoms with E-state index >= 15 is 0 Å². The van der Waals surface area contributed by atoms with E-state index in [1.807, 2.05) is 24.3 Å². The molecule has 1 aromatic rings. The van der Waals surface area contributed by atoms with E-state index in [-0.39, 0.29) is 11.9 Å². The summed E-state index contributed by atoms with van der Waals surface area (Å²) in [4.78, 5) is 11.8. The molecule has 0 saturated heterocycles. The van der Waals surface area contributed by atoms with Crippen molar-refractivity contribution in [1.29, 1.82) is 0 Å². The zero-order valence-corrected chi connectivity index (χ0v) is 12.3. The van der Waals surface area contributed by atoms with Crippen molar-refractivity contribution in [3.05, 3.63) is 34.9 Å². The van der Waals surface area contributed by atoms with E-state index in [4.69, 9.17) is 23.2 Å². The monoisotopic (exact) mass is 287 g/mol. The minimum absolute atomic E-state index is 0.0186. The average molecular weight is 288 g/mol. The van der Waals surface area contributed by atoms with Crippen LogP contribution >= 0.6 is 23.2 Å². The first-order valence-corrected chi connectivity index (χ1v) is 7.06. The van der Waals surface area contributed by atoms with E-state index in [0.717, 1.165) is 5.56 Å². The molecular formula is C14H19Cl2NO. The summed E-state index contributed by atoms with van der Waals surface area (Å²) in [5.74, 6) is 0.885. The number of hydrogen-bond donors (Lipinski definition) is 1. The molecule has 0 aliphatic rings. The Bertz CT molecular complexity index is 376. The maximum absolute atomic E-state index is 11.8. The van der Waals surface area contributed by atoms with Gasteiger partial charge in [0.15, 0.2) is 0 Å². The third kappa shape index (κ3) is 4.87. The highest BCUT2D eigenvalue weighted by Crippen LogP contribution is 2.23. The Morgan fingerprint density at radius 3 is 2.39 bits per heavy atom. The average Bonchev–Trinajstić information content (AvgIpc) is 2.34. The van der Waals surface area contributed by atoms with Crippen LogP contribution in [0.2, 0.25) is 5.02 Å². The summed E-state index contributed by atoms with van der Waals surface area (Å²) in [5, 5.41) is 3.75. The summed E-state index contributed by atoms with van der Waals surface area (Å²) in [6, 6.07) is 7.61. The van der Waals surface area contributed by atoms with Crippen molar-refractivity contribution in [2.45, 2.75) is 32.7 Å². The Morgan fingerprint density at radius 1 is 1.28 bits per heavy atom. The molecule has 0 heterocycles. The molecule has 1 aromatic carbocycles. The van der Waals surface area contributed by atoms with Crippen molar-refractivity contribution >= 4 is 29.1 Å². The van der Waals surface area contributed by atoms with Crippen molar-refractivity contribution in [2.75, 3.05) is 5.88 Å². The predicted octanol–water partition coefficient (Wildman–Crippen LogP) is 4.17. The van der Waals surface area contributed by atoms with Crippen LogP contribution in [0.5, 0.6) is 0 Å². The van der Waals surface area contributed by atoms with Crippen LogP contribution in [-0.4, -0.2) is 11.8 Å². The fraction of sp³-hybridized carbons (Fsp3) is 0.500. The van der Waals surface area contributed by atoms with Gasteiger partial charge in [-0.25, -0.2) is 0 Å². The van der Waals surface area contributed by atoms with Crippen LogP contribution in [0.3, 0.4) is 0 Å². The van der Waals surface area contributed by atoms with Crippen molar-refractivity contribution < 1.29 is 4.79 Å². The Hall–Kier alpha value is -0.730. The van der Waals surface area contributed by atoms with Crippen molar-refractivity contribution in [3.8, 4) is 0 Å². The first-order valence-electron chi connectivity index (χ1n) is 6.15. The molecule has 1 N–H and O–H groups in total. The van der Waals surface area contributed by atoms with Crippen LogP contribution in [-0.2, 0) is 4.79 Å². The minimum atomic E-state index is 0.0186. The molecule has 1 unspecified atom stereocenters. The van der Waals surface area contributed by atoms with Gasteiger partial charge in [0.05, 0.1) is 6.04 Å². The van der Waals surface area contributed by atoms with Crippen molar-refractivity contribution in [3.63, 3.8) is 0 Å². The van der Waals surface area contributed by atoms with Gasteiger partial charge in [-0.15, -0.1) is 11.6 Å². The van der Waals surface area contributed by atoms with Gasteiger partial charge in [0.1, 0.15) is 0 Å². The van der Waals surface area contributed by atoms with E-state index in [1.165, 1.54) is 0 Å². The molecule has 1 amide bonds. The molecule has 4 heteroatoms. The molecule has 0 saturated carbocycles. The topological polar surface area (TPSA) is 29.1 Å². The highest BCUT2D eigenvalue weighted by atomic mass is 35.5. The van der Waals surface area contributed by atoms with Crippen molar-refractivity contribution in [1.82, 2.24) is 5.32 Å². The highest BCUT2D eigenvalue weighted by molar-refractivity contribution is 6.30. The number of nitrogens with one attached hydrogen (secondary N) is 1. The van der Waals surface area contributed by atoms with Gasteiger partial charge in [-0.2, -0.15) is 0 Å². The van der Waals surface area contributed by atoms with Gasteiger partial charge < -0.3 is 5.32 Å². The van der Waals surface area contributed by atoms with E-state index in [9.17, 15) is 4.79 Å². The van der Waals surface area contributed by atoms with Crippen molar-refractivity contribution in [2.24, 2.45) is 5.92 Å². The first kappa shape index (κ1) is 15.3. The number of halogens is 2. The highest BCUT2D eigenvalue weighted by Gasteiger charge is 2.17. The van der Waals surface area contributed by atoms with Gasteiger partial charge in [-0.3, -0.25) is 4.79 Å². The number of carbonyl (C=O) groups excluding carboxylic acids is 1. The van der Waals surface area contributed by atoms with Gasteiger partial charge in [-0.1, -0.05) is 37.6 Å². The van der Waals surface area contributed by atoms with Gasteiger partial charge in [0.2, 0.25) is 5.91 Å². The zero-order valence-electron chi connectivity index (χ0n) is 10.7. The number of rotatable bonds is 6.